The third-order valence-corrected chi connectivity index (χ3v) is 11.2. The van der Waals surface area contributed by atoms with Crippen LogP contribution in [0.1, 0.15) is 23.5 Å². The molecule has 1 aliphatic heterocycles. The third kappa shape index (κ3) is 3.71. The molecule has 1 atom stereocenters. The number of hydrogen-bond donors (Lipinski definition) is 0. The summed E-state index contributed by atoms with van der Waals surface area (Å²) in [5, 5.41) is 7.63. The molecule has 1 nitrogen and oxygen atoms in total. The molecule has 10 rings (SSSR count). The van der Waals surface area contributed by atoms with Gasteiger partial charge in [0.15, 0.2) is 0 Å². The SMILES string of the molecule is C1=CC(c2ccc3c(c2)c2ccccc2n3-c2c3ccccc3c(-c3ccccc3)c3ccccc23)=C2Sc3ccccc3C2C1. The maximum absolute atomic E-state index is 2.52. The summed E-state index contributed by atoms with van der Waals surface area (Å²) in [6.45, 7) is 0. The lowest BCUT2D eigenvalue weighted by atomic mass is 9.87. The van der Waals surface area contributed by atoms with Crippen molar-refractivity contribution in [2.24, 2.45) is 0 Å². The average molecular weight is 604 g/mol. The molecular formula is C44H29NS. The normalized spacial score (nSPS) is 15.7. The number of thioether (sulfide) groups is 1. The van der Waals surface area contributed by atoms with Crippen LogP contribution in [0.25, 0.3) is 65.7 Å². The molecule has 8 aromatic rings. The minimum atomic E-state index is 0.457. The molecule has 0 N–H and O–H groups in total. The summed E-state index contributed by atoms with van der Waals surface area (Å²) in [7, 11) is 0. The Kier molecular flexibility index (Phi) is 5.70. The highest BCUT2D eigenvalue weighted by molar-refractivity contribution is 8.03. The molecule has 46 heavy (non-hydrogen) atoms. The second kappa shape index (κ2) is 10.1. The molecule has 1 aromatic heterocycles. The van der Waals surface area contributed by atoms with E-state index in [2.05, 4.69) is 162 Å². The number of hydrogen-bond acceptors (Lipinski definition) is 1. The van der Waals surface area contributed by atoms with Gasteiger partial charge in [0.1, 0.15) is 0 Å². The van der Waals surface area contributed by atoms with Gasteiger partial charge in [0.05, 0.1) is 16.7 Å². The van der Waals surface area contributed by atoms with Gasteiger partial charge in [0.2, 0.25) is 0 Å². The van der Waals surface area contributed by atoms with Crippen molar-refractivity contribution in [1.29, 1.82) is 0 Å². The van der Waals surface area contributed by atoms with E-state index in [4.69, 9.17) is 0 Å². The fourth-order valence-electron chi connectivity index (χ4n) is 7.95. The van der Waals surface area contributed by atoms with Crippen molar-refractivity contribution in [1.82, 2.24) is 4.57 Å². The van der Waals surface area contributed by atoms with Gasteiger partial charge >= 0.3 is 0 Å². The molecule has 0 amide bonds. The molecule has 216 valence electrons. The first kappa shape index (κ1) is 26.0. The van der Waals surface area contributed by atoms with Gasteiger partial charge in [-0.05, 0) is 69.3 Å². The second-order valence-corrected chi connectivity index (χ2v) is 13.5. The summed E-state index contributed by atoms with van der Waals surface area (Å²) in [5.74, 6) is 0.457. The Bertz CT molecular complexity index is 2530. The lowest BCUT2D eigenvalue weighted by molar-refractivity contribution is 0.841. The lowest BCUT2D eigenvalue weighted by Gasteiger charge is -2.20. The summed E-state index contributed by atoms with van der Waals surface area (Å²) in [6.07, 6.45) is 5.80. The van der Waals surface area contributed by atoms with Gasteiger partial charge in [-0.1, -0.05) is 145 Å². The van der Waals surface area contributed by atoms with Crippen LogP contribution in [0.5, 0.6) is 0 Å². The highest BCUT2D eigenvalue weighted by Gasteiger charge is 2.31. The van der Waals surface area contributed by atoms with E-state index in [1.807, 2.05) is 11.8 Å². The smallest absolute Gasteiger partial charge is 0.0619 e. The number of fused-ring (bicyclic) bond motifs is 8. The molecule has 0 saturated heterocycles. The van der Waals surface area contributed by atoms with Gasteiger partial charge in [-0.15, -0.1) is 0 Å². The number of nitrogens with zero attached hydrogens (tertiary/aromatic N) is 1. The van der Waals surface area contributed by atoms with Crippen LogP contribution in [0.2, 0.25) is 0 Å². The van der Waals surface area contributed by atoms with Crippen LogP contribution in [0, 0.1) is 0 Å². The van der Waals surface area contributed by atoms with Crippen LogP contribution >= 0.6 is 11.8 Å². The van der Waals surface area contributed by atoms with E-state index in [9.17, 15) is 0 Å². The number of aromatic nitrogens is 1. The fraction of sp³-hybridized carbons (Fsp3) is 0.0455. The van der Waals surface area contributed by atoms with E-state index in [1.54, 1.807) is 0 Å². The Morgan fingerprint density at radius 1 is 0.522 bits per heavy atom. The summed E-state index contributed by atoms with van der Waals surface area (Å²) >= 11 is 1.96. The third-order valence-electron chi connectivity index (χ3n) is 9.93. The van der Waals surface area contributed by atoms with Crippen molar-refractivity contribution in [2.45, 2.75) is 17.2 Å². The average Bonchev–Trinajstić information content (AvgIpc) is 3.66. The predicted octanol–water partition coefficient (Wildman–Crippen LogP) is 12.3. The predicted molar refractivity (Wildman–Crippen MR) is 197 cm³/mol. The van der Waals surface area contributed by atoms with E-state index in [0.29, 0.717) is 5.92 Å². The highest BCUT2D eigenvalue weighted by atomic mass is 32.2. The van der Waals surface area contributed by atoms with Crippen LogP contribution in [0.3, 0.4) is 0 Å². The first-order valence-electron chi connectivity index (χ1n) is 16.1. The first-order chi connectivity index (χ1) is 22.8. The van der Waals surface area contributed by atoms with Gasteiger partial charge in [-0.3, -0.25) is 0 Å². The van der Waals surface area contributed by atoms with Gasteiger partial charge in [0, 0.05) is 37.3 Å². The first-order valence-corrected chi connectivity index (χ1v) is 16.9. The number of para-hydroxylation sites is 1. The standard InChI is InChI=1S/C44H29NS/c1-2-13-28(14-3-1)42-33-17-4-6-19-35(33)43(36-20-7-5-18-34(36)42)45-39-23-10-8-15-31(39)38-27-29(25-26-40(38)45)30-21-12-22-37-32-16-9-11-24-41(32)46-44(30)37/h1-21,23-27,37H,22H2. The maximum atomic E-state index is 2.52. The Hall–Kier alpha value is -5.31. The van der Waals surface area contributed by atoms with Crippen LogP contribution < -0.4 is 0 Å². The molecule has 0 bridgehead atoms. The van der Waals surface area contributed by atoms with E-state index in [-0.39, 0.29) is 0 Å². The van der Waals surface area contributed by atoms with Crippen LogP contribution in [-0.2, 0) is 0 Å². The molecule has 2 heterocycles. The minimum Gasteiger partial charge on any atom is -0.308 e. The van der Waals surface area contributed by atoms with E-state index >= 15 is 0 Å². The number of allylic oxidation sites excluding steroid dienone is 4. The summed E-state index contributed by atoms with van der Waals surface area (Å²) < 4.78 is 2.52. The zero-order valence-electron chi connectivity index (χ0n) is 25.2. The lowest BCUT2D eigenvalue weighted by Crippen LogP contribution is -2.01. The molecular weight excluding hydrogens is 575 g/mol. The van der Waals surface area contributed by atoms with Gasteiger partial charge in [-0.25, -0.2) is 0 Å². The fourth-order valence-corrected chi connectivity index (χ4v) is 9.33. The van der Waals surface area contributed by atoms with Crippen LogP contribution in [0.15, 0.2) is 168 Å². The van der Waals surface area contributed by atoms with E-state index in [0.717, 1.165) is 6.42 Å². The summed E-state index contributed by atoms with van der Waals surface area (Å²) in [5.41, 5.74) is 10.4. The number of rotatable bonds is 3. The Morgan fingerprint density at radius 3 is 1.93 bits per heavy atom. The summed E-state index contributed by atoms with van der Waals surface area (Å²) in [6, 6.07) is 53.7. The van der Waals surface area contributed by atoms with Crippen molar-refractivity contribution < 1.29 is 0 Å². The van der Waals surface area contributed by atoms with Crippen molar-refractivity contribution in [2.75, 3.05) is 0 Å². The minimum absolute atomic E-state index is 0.457. The molecule has 0 saturated carbocycles. The summed E-state index contributed by atoms with van der Waals surface area (Å²) in [4.78, 5) is 2.89. The largest absolute Gasteiger partial charge is 0.308 e. The van der Waals surface area contributed by atoms with Gasteiger partial charge < -0.3 is 4.57 Å². The Balaban J connectivity index is 1.27. The van der Waals surface area contributed by atoms with Crippen molar-refractivity contribution in [3.05, 3.63) is 174 Å². The van der Waals surface area contributed by atoms with Gasteiger partial charge in [0.25, 0.3) is 0 Å². The molecule has 7 aromatic carbocycles. The van der Waals surface area contributed by atoms with Crippen molar-refractivity contribution >= 4 is 60.7 Å². The zero-order valence-corrected chi connectivity index (χ0v) is 26.0. The molecule has 2 heteroatoms. The van der Waals surface area contributed by atoms with E-state index < -0.39 is 0 Å². The van der Waals surface area contributed by atoms with Gasteiger partial charge in [-0.2, -0.15) is 0 Å². The molecule has 0 fully saturated rings. The molecule has 0 radical (unpaired) electrons. The highest BCUT2D eigenvalue weighted by Crippen LogP contribution is 2.55. The molecule has 0 spiro atoms. The topological polar surface area (TPSA) is 4.93 Å². The second-order valence-electron chi connectivity index (χ2n) is 12.4. The quantitative estimate of drug-likeness (QED) is 0.182. The monoisotopic (exact) mass is 603 g/mol. The van der Waals surface area contributed by atoms with Crippen LogP contribution in [0.4, 0.5) is 0 Å². The molecule has 1 unspecified atom stereocenters. The Morgan fingerprint density at radius 2 is 1.15 bits per heavy atom. The molecule has 1 aliphatic carbocycles. The number of benzene rings is 7. The zero-order chi connectivity index (χ0) is 30.2. The van der Waals surface area contributed by atoms with Crippen LogP contribution in [-0.4, -0.2) is 4.57 Å². The van der Waals surface area contributed by atoms with Crippen molar-refractivity contribution in [3.63, 3.8) is 0 Å². The maximum Gasteiger partial charge on any atom is 0.0619 e. The molecule has 2 aliphatic rings. The van der Waals surface area contributed by atoms with Crippen molar-refractivity contribution in [3.8, 4) is 16.8 Å². The Labute approximate surface area is 272 Å². The van der Waals surface area contributed by atoms with E-state index in [1.165, 1.54) is 86.7 Å².